The second-order valence-corrected chi connectivity index (χ2v) is 7.43. The predicted molar refractivity (Wildman–Crippen MR) is 118 cm³/mol. The molecule has 0 bridgehead atoms. The van der Waals surface area contributed by atoms with Crippen molar-refractivity contribution in [2.75, 3.05) is 20.3 Å². The zero-order valence-corrected chi connectivity index (χ0v) is 18.1. The summed E-state index contributed by atoms with van der Waals surface area (Å²) >= 11 is 0. The van der Waals surface area contributed by atoms with E-state index in [0.717, 1.165) is 17.4 Å². The molecule has 34 heavy (non-hydrogen) atoms. The largest absolute Gasteiger partial charge is 0.491 e. The smallest absolute Gasteiger partial charge is 0.169 e. The van der Waals surface area contributed by atoms with Crippen molar-refractivity contribution in [2.45, 2.75) is 6.54 Å². The molecule has 0 unspecified atom stereocenters. The van der Waals surface area contributed by atoms with E-state index in [1.165, 1.54) is 18.3 Å². The maximum Gasteiger partial charge on any atom is 0.169 e. The quantitative estimate of drug-likeness (QED) is 0.314. The molecule has 2 aliphatic heterocycles. The van der Waals surface area contributed by atoms with Gasteiger partial charge < -0.3 is 14.0 Å². The molecule has 0 spiro atoms. The van der Waals surface area contributed by atoms with Crippen molar-refractivity contribution in [2.24, 2.45) is 0 Å². The first kappa shape index (κ1) is 21.7. The number of aromatic nitrogens is 5. The van der Waals surface area contributed by atoms with Gasteiger partial charge in [-0.15, -0.1) is 0 Å². The van der Waals surface area contributed by atoms with Crippen LogP contribution in [0.3, 0.4) is 0 Å². The Balaban J connectivity index is 1.31. The number of hydrogen-bond donors (Lipinski definition) is 0. The summed E-state index contributed by atoms with van der Waals surface area (Å²) in [6.07, 6.45) is 3.18. The van der Waals surface area contributed by atoms with Crippen molar-refractivity contribution in [1.29, 1.82) is 0 Å². The molecule has 1 aromatic heterocycles. The molecule has 8 nitrogen and oxygen atoms in total. The molecular weight excluding hydrogens is 444 g/mol. The fraction of sp³-hybridized carbons (Fsp3) is 0.167. The minimum Gasteiger partial charge on any atom is -0.491 e. The molecule has 0 saturated carbocycles. The standard InChI is InChI=1S/C24H19F2N5O3/c1-32-9-10-33-16-7-5-15(6-8-16)20-11-17(34-30-20)13-31-14-22-21(12-27-31)28-24(29-22)18-3-2-4-19(25)23(18)26/h2-8,11-12,14H,9-10,13H2,1H3. The van der Waals surface area contributed by atoms with Gasteiger partial charge in [0.2, 0.25) is 0 Å². The summed E-state index contributed by atoms with van der Waals surface area (Å²) in [7, 11) is 1.62. The Kier molecular flexibility index (Phi) is 5.96. The lowest BCUT2D eigenvalue weighted by Crippen LogP contribution is -2.04. The number of ether oxygens (including phenoxy) is 2. The third-order valence-electron chi connectivity index (χ3n) is 5.09. The molecule has 0 atom stereocenters. The van der Waals surface area contributed by atoms with E-state index in [-0.39, 0.29) is 11.4 Å². The van der Waals surface area contributed by atoms with Crippen molar-refractivity contribution in [1.82, 2.24) is 24.9 Å². The number of fused-ring (bicyclic) bond motifs is 1. The van der Waals surface area contributed by atoms with Crippen LogP contribution in [0.2, 0.25) is 0 Å². The maximum absolute atomic E-state index is 14.1. The summed E-state index contributed by atoms with van der Waals surface area (Å²) < 4.78 is 45.3. The van der Waals surface area contributed by atoms with E-state index in [4.69, 9.17) is 14.0 Å². The summed E-state index contributed by atoms with van der Waals surface area (Å²) in [6.45, 7) is 1.30. The maximum atomic E-state index is 14.1. The average molecular weight is 463 g/mol. The Morgan fingerprint density at radius 3 is 2.62 bits per heavy atom. The third-order valence-corrected chi connectivity index (χ3v) is 5.09. The van der Waals surface area contributed by atoms with E-state index in [1.54, 1.807) is 18.0 Å². The molecule has 3 heterocycles. The fourth-order valence-electron chi connectivity index (χ4n) is 3.39. The van der Waals surface area contributed by atoms with Gasteiger partial charge >= 0.3 is 0 Å². The van der Waals surface area contributed by atoms with Crippen LogP contribution in [0.1, 0.15) is 5.76 Å². The Labute approximate surface area is 193 Å². The van der Waals surface area contributed by atoms with Gasteiger partial charge in [-0.05, 0) is 36.4 Å². The van der Waals surface area contributed by atoms with E-state index in [1.807, 2.05) is 30.3 Å². The van der Waals surface area contributed by atoms with E-state index in [9.17, 15) is 8.78 Å². The Morgan fingerprint density at radius 1 is 0.971 bits per heavy atom. The summed E-state index contributed by atoms with van der Waals surface area (Å²) in [5.41, 5.74) is 2.53. The van der Waals surface area contributed by atoms with E-state index >= 15 is 0 Å². The molecule has 0 saturated heterocycles. The lowest BCUT2D eigenvalue weighted by molar-refractivity contribution is 0.146. The molecule has 172 valence electrons. The van der Waals surface area contributed by atoms with Gasteiger partial charge in [0.15, 0.2) is 23.2 Å². The second-order valence-electron chi connectivity index (χ2n) is 7.43. The fourth-order valence-corrected chi connectivity index (χ4v) is 3.39. The number of hydrogen-bond acceptors (Lipinski definition) is 7. The summed E-state index contributed by atoms with van der Waals surface area (Å²) in [5, 5.41) is 8.44. The van der Waals surface area contributed by atoms with Gasteiger partial charge in [-0.3, -0.25) is 4.68 Å². The minimum absolute atomic E-state index is 0.00209. The van der Waals surface area contributed by atoms with Crippen molar-refractivity contribution in [3.05, 3.63) is 78.3 Å². The van der Waals surface area contributed by atoms with Crippen molar-refractivity contribution < 1.29 is 22.8 Å². The number of imidazole rings is 1. The molecule has 2 aromatic carbocycles. The predicted octanol–water partition coefficient (Wildman–Crippen LogP) is 4.45. The average Bonchev–Trinajstić information content (AvgIpc) is 3.48. The molecule has 2 aliphatic rings. The van der Waals surface area contributed by atoms with Gasteiger partial charge in [0.05, 0.1) is 24.6 Å². The first-order valence-corrected chi connectivity index (χ1v) is 10.4. The number of benzene rings is 2. The number of rotatable bonds is 8. The van der Waals surface area contributed by atoms with Crippen LogP contribution in [-0.2, 0) is 11.3 Å². The highest BCUT2D eigenvalue weighted by molar-refractivity contribution is 5.65. The van der Waals surface area contributed by atoms with Gasteiger partial charge in [0.1, 0.15) is 36.0 Å². The van der Waals surface area contributed by atoms with E-state index in [0.29, 0.717) is 42.6 Å². The first-order valence-electron chi connectivity index (χ1n) is 10.4. The molecule has 0 N–H and O–H groups in total. The Morgan fingerprint density at radius 2 is 1.79 bits per heavy atom. The minimum atomic E-state index is -0.984. The van der Waals surface area contributed by atoms with Crippen LogP contribution < -0.4 is 4.74 Å². The zero-order valence-electron chi connectivity index (χ0n) is 18.1. The normalized spacial score (nSPS) is 11.3. The van der Waals surface area contributed by atoms with Crippen LogP contribution in [0.15, 0.2) is 65.4 Å². The molecule has 0 fully saturated rings. The molecular formula is C24H19F2N5O3. The number of halogens is 2. The zero-order chi connectivity index (χ0) is 23.5. The highest BCUT2D eigenvalue weighted by Gasteiger charge is 2.18. The van der Waals surface area contributed by atoms with Crippen LogP contribution in [-0.4, -0.2) is 45.2 Å². The van der Waals surface area contributed by atoms with Gasteiger partial charge in [-0.25, -0.2) is 18.7 Å². The van der Waals surface area contributed by atoms with Crippen molar-refractivity contribution in [3.63, 3.8) is 0 Å². The molecule has 0 amide bonds. The molecule has 10 heteroatoms. The van der Waals surface area contributed by atoms with Crippen molar-refractivity contribution in [3.8, 4) is 39.8 Å². The summed E-state index contributed by atoms with van der Waals surface area (Å²) in [6, 6.07) is 13.2. The SMILES string of the molecule is COCCOc1ccc(-c2cc(Cn3cc4nc(-c5cccc(F)c5F)nc-4cn3)on2)cc1. The topological polar surface area (TPSA) is 88.1 Å². The highest BCUT2D eigenvalue weighted by Crippen LogP contribution is 2.27. The van der Waals surface area contributed by atoms with Gasteiger partial charge in [-0.1, -0.05) is 11.2 Å². The summed E-state index contributed by atoms with van der Waals surface area (Å²) in [5.74, 6) is -0.506. The lowest BCUT2D eigenvalue weighted by Gasteiger charge is -2.05. The summed E-state index contributed by atoms with van der Waals surface area (Å²) in [4.78, 5) is 8.59. The van der Waals surface area contributed by atoms with E-state index in [2.05, 4.69) is 20.2 Å². The van der Waals surface area contributed by atoms with Crippen LogP contribution in [0.5, 0.6) is 5.75 Å². The van der Waals surface area contributed by atoms with Crippen LogP contribution in [0.4, 0.5) is 8.78 Å². The Bertz CT molecular complexity index is 1380. The third kappa shape index (κ3) is 4.48. The van der Waals surface area contributed by atoms with Gasteiger partial charge in [0, 0.05) is 18.7 Å². The number of nitrogens with zero attached hydrogens (tertiary/aromatic N) is 5. The van der Waals surface area contributed by atoms with Crippen molar-refractivity contribution >= 4 is 0 Å². The second kappa shape index (κ2) is 9.36. The number of methoxy groups -OCH3 is 1. The van der Waals surface area contributed by atoms with Crippen LogP contribution in [0.25, 0.3) is 34.0 Å². The molecule has 0 radical (unpaired) electrons. The molecule has 3 aromatic rings. The lowest BCUT2D eigenvalue weighted by atomic mass is 10.1. The Hall–Kier alpha value is -4.18. The van der Waals surface area contributed by atoms with Crippen LogP contribution >= 0.6 is 0 Å². The monoisotopic (exact) mass is 463 g/mol. The molecule has 5 rings (SSSR count). The first-order chi connectivity index (χ1) is 16.6. The molecule has 0 aliphatic carbocycles. The van der Waals surface area contributed by atoms with Gasteiger partial charge in [0.25, 0.3) is 0 Å². The van der Waals surface area contributed by atoms with Gasteiger partial charge in [-0.2, -0.15) is 5.10 Å². The van der Waals surface area contributed by atoms with Crippen LogP contribution in [0, 0.1) is 11.6 Å². The highest BCUT2D eigenvalue weighted by atomic mass is 19.2. The van der Waals surface area contributed by atoms with E-state index < -0.39 is 11.6 Å².